The van der Waals surface area contributed by atoms with E-state index < -0.39 is 0 Å². The van der Waals surface area contributed by atoms with Gasteiger partial charge in [0.2, 0.25) is 0 Å². The van der Waals surface area contributed by atoms with Crippen LogP contribution >= 0.6 is 0 Å². The van der Waals surface area contributed by atoms with E-state index in [1.165, 1.54) is 27.5 Å². The molecule has 2 heteroatoms. The summed E-state index contributed by atoms with van der Waals surface area (Å²) in [5.74, 6) is 0. The number of fused-ring (bicyclic) bond motifs is 3. The second-order valence-electron chi connectivity index (χ2n) is 4.82. The predicted molar refractivity (Wildman–Crippen MR) is 76.0 cm³/mol. The van der Waals surface area contributed by atoms with Crippen LogP contribution in [0.3, 0.4) is 0 Å². The Labute approximate surface area is 106 Å². The summed E-state index contributed by atoms with van der Waals surface area (Å²) in [6.07, 6.45) is 0.919. The zero-order chi connectivity index (χ0) is 12.7. The van der Waals surface area contributed by atoms with Crippen LogP contribution in [0.15, 0.2) is 34.7 Å². The van der Waals surface area contributed by atoms with Gasteiger partial charge in [-0.25, -0.2) is 0 Å². The van der Waals surface area contributed by atoms with Crippen molar-refractivity contribution in [3.05, 3.63) is 47.0 Å². The fourth-order valence-corrected chi connectivity index (χ4v) is 2.71. The minimum atomic E-state index is 0.682. The molecule has 2 nitrogen and oxygen atoms in total. The lowest BCUT2D eigenvalue weighted by molar-refractivity contribution is 0.665. The van der Waals surface area contributed by atoms with Crippen LogP contribution in [-0.4, -0.2) is 6.54 Å². The molecular formula is C16H17NO. The van der Waals surface area contributed by atoms with Gasteiger partial charge in [0, 0.05) is 10.8 Å². The first-order valence-electron chi connectivity index (χ1n) is 6.32. The van der Waals surface area contributed by atoms with Crippen LogP contribution in [0.25, 0.3) is 21.9 Å². The molecule has 3 aromatic rings. The van der Waals surface area contributed by atoms with E-state index in [-0.39, 0.29) is 0 Å². The Morgan fingerprint density at radius 3 is 2.72 bits per heavy atom. The quantitative estimate of drug-likeness (QED) is 0.740. The second-order valence-corrected chi connectivity index (χ2v) is 4.82. The van der Waals surface area contributed by atoms with Gasteiger partial charge in [0.1, 0.15) is 11.2 Å². The number of furan rings is 1. The topological polar surface area (TPSA) is 39.2 Å². The lowest BCUT2D eigenvalue weighted by Gasteiger charge is -2.07. The van der Waals surface area contributed by atoms with Gasteiger partial charge in [0.05, 0.1) is 0 Å². The van der Waals surface area contributed by atoms with Crippen molar-refractivity contribution < 1.29 is 4.42 Å². The summed E-state index contributed by atoms with van der Waals surface area (Å²) in [5.41, 5.74) is 11.5. The van der Waals surface area contributed by atoms with E-state index in [0.717, 1.165) is 17.6 Å². The Morgan fingerprint density at radius 2 is 1.94 bits per heavy atom. The van der Waals surface area contributed by atoms with E-state index in [0.29, 0.717) is 6.54 Å². The van der Waals surface area contributed by atoms with Crippen molar-refractivity contribution >= 4 is 21.9 Å². The Balaban J connectivity index is 2.46. The molecule has 1 heterocycles. The number of aryl methyl sites for hydroxylation is 2. The van der Waals surface area contributed by atoms with Crippen molar-refractivity contribution in [2.75, 3.05) is 6.54 Å². The zero-order valence-corrected chi connectivity index (χ0v) is 10.8. The van der Waals surface area contributed by atoms with Gasteiger partial charge in [-0.2, -0.15) is 0 Å². The summed E-state index contributed by atoms with van der Waals surface area (Å²) >= 11 is 0. The Bertz CT molecular complexity index is 725. The zero-order valence-electron chi connectivity index (χ0n) is 10.8. The summed E-state index contributed by atoms with van der Waals surface area (Å²) in [7, 11) is 0. The number of nitrogens with two attached hydrogens (primary N) is 1. The fraction of sp³-hybridized carbons (Fsp3) is 0.250. The first-order chi connectivity index (χ1) is 8.72. The molecule has 0 bridgehead atoms. The summed E-state index contributed by atoms with van der Waals surface area (Å²) in [4.78, 5) is 0. The standard InChI is InChI=1S/C16H17NO/c1-10-9-12(7-8-17)11(2)15-13-5-3-4-6-14(13)18-16(10)15/h3-6,9H,7-8,17H2,1-2H3. The Kier molecular flexibility index (Phi) is 2.60. The third-order valence-electron chi connectivity index (χ3n) is 3.61. The van der Waals surface area contributed by atoms with Crippen molar-refractivity contribution in [3.63, 3.8) is 0 Å². The molecule has 0 spiro atoms. The number of benzene rings is 2. The highest BCUT2D eigenvalue weighted by Gasteiger charge is 2.13. The van der Waals surface area contributed by atoms with E-state index in [1.807, 2.05) is 12.1 Å². The van der Waals surface area contributed by atoms with Gasteiger partial charge in [-0.05, 0) is 49.6 Å². The molecule has 0 aliphatic carbocycles. The average molecular weight is 239 g/mol. The molecule has 0 fully saturated rings. The molecule has 0 saturated heterocycles. The van der Waals surface area contributed by atoms with Crippen molar-refractivity contribution in [1.29, 1.82) is 0 Å². The van der Waals surface area contributed by atoms with Gasteiger partial charge in [-0.3, -0.25) is 0 Å². The van der Waals surface area contributed by atoms with Crippen LogP contribution in [0.5, 0.6) is 0 Å². The van der Waals surface area contributed by atoms with Gasteiger partial charge in [0.15, 0.2) is 0 Å². The number of rotatable bonds is 2. The van der Waals surface area contributed by atoms with E-state index in [4.69, 9.17) is 10.2 Å². The Morgan fingerprint density at radius 1 is 1.17 bits per heavy atom. The lowest BCUT2D eigenvalue weighted by Crippen LogP contribution is -2.04. The first-order valence-corrected chi connectivity index (χ1v) is 6.32. The molecule has 0 unspecified atom stereocenters. The summed E-state index contributed by atoms with van der Waals surface area (Å²) in [6.45, 7) is 4.94. The molecule has 18 heavy (non-hydrogen) atoms. The molecule has 2 N–H and O–H groups in total. The predicted octanol–water partition coefficient (Wildman–Crippen LogP) is 3.70. The maximum atomic E-state index is 5.97. The summed E-state index contributed by atoms with van der Waals surface area (Å²) in [5, 5.41) is 2.45. The van der Waals surface area contributed by atoms with E-state index in [1.54, 1.807) is 0 Å². The maximum Gasteiger partial charge on any atom is 0.138 e. The van der Waals surface area contributed by atoms with E-state index >= 15 is 0 Å². The highest BCUT2D eigenvalue weighted by molar-refractivity contribution is 6.08. The SMILES string of the molecule is Cc1cc(CCN)c(C)c2c1oc1ccccc12. The lowest BCUT2D eigenvalue weighted by atomic mass is 9.97. The van der Waals surface area contributed by atoms with Crippen LogP contribution < -0.4 is 5.73 Å². The van der Waals surface area contributed by atoms with E-state index in [9.17, 15) is 0 Å². The number of para-hydroxylation sites is 1. The average Bonchev–Trinajstić information content (AvgIpc) is 2.76. The number of hydrogen-bond acceptors (Lipinski definition) is 2. The summed E-state index contributed by atoms with van der Waals surface area (Å²) in [6, 6.07) is 10.4. The largest absolute Gasteiger partial charge is 0.456 e. The third-order valence-corrected chi connectivity index (χ3v) is 3.61. The van der Waals surface area contributed by atoms with Gasteiger partial charge in [-0.15, -0.1) is 0 Å². The van der Waals surface area contributed by atoms with Crippen LogP contribution in [0.1, 0.15) is 16.7 Å². The summed E-state index contributed by atoms with van der Waals surface area (Å²) < 4.78 is 5.97. The third kappa shape index (κ3) is 1.53. The van der Waals surface area contributed by atoms with Crippen LogP contribution in [0.2, 0.25) is 0 Å². The molecular weight excluding hydrogens is 222 g/mol. The smallest absolute Gasteiger partial charge is 0.138 e. The molecule has 92 valence electrons. The molecule has 0 amide bonds. The number of hydrogen-bond donors (Lipinski definition) is 1. The van der Waals surface area contributed by atoms with Gasteiger partial charge in [-0.1, -0.05) is 24.3 Å². The van der Waals surface area contributed by atoms with Crippen molar-refractivity contribution in [2.45, 2.75) is 20.3 Å². The van der Waals surface area contributed by atoms with Crippen LogP contribution in [-0.2, 0) is 6.42 Å². The normalized spacial score (nSPS) is 11.5. The molecule has 0 aliphatic rings. The monoisotopic (exact) mass is 239 g/mol. The molecule has 0 atom stereocenters. The van der Waals surface area contributed by atoms with Crippen LogP contribution in [0, 0.1) is 13.8 Å². The molecule has 0 aliphatic heterocycles. The Hall–Kier alpha value is -1.80. The second kappa shape index (κ2) is 4.14. The highest BCUT2D eigenvalue weighted by atomic mass is 16.3. The minimum absolute atomic E-state index is 0.682. The maximum absolute atomic E-state index is 5.97. The van der Waals surface area contributed by atoms with Gasteiger partial charge >= 0.3 is 0 Å². The van der Waals surface area contributed by atoms with Gasteiger partial charge in [0.25, 0.3) is 0 Å². The van der Waals surface area contributed by atoms with Crippen molar-refractivity contribution in [3.8, 4) is 0 Å². The molecule has 3 rings (SSSR count). The fourth-order valence-electron chi connectivity index (χ4n) is 2.71. The van der Waals surface area contributed by atoms with Crippen LogP contribution in [0.4, 0.5) is 0 Å². The highest BCUT2D eigenvalue weighted by Crippen LogP contribution is 2.34. The molecule has 2 aromatic carbocycles. The minimum Gasteiger partial charge on any atom is -0.456 e. The van der Waals surface area contributed by atoms with E-state index in [2.05, 4.69) is 32.0 Å². The van der Waals surface area contributed by atoms with Crippen molar-refractivity contribution in [2.24, 2.45) is 5.73 Å². The molecule has 0 radical (unpaired) electrons. The van der Waals surface area contributed by atoms with Gasteiger partial charge < -0.3 is 10.2 Å². The molecule has 0 saturated carbocycles. The van der Waals surface area contributed by atoms with Crippen molar-refractivity contribution in [1.82, 2.24) is 0 Å². The molecule has 1 aromatic heterocycles. The first kappa shape index (κ1) is 11.3.